The molecular weight excluding hydrogens is 316 g/mol. The minimum Gasteiger partial charge on any atom is -0.345 e. The van der Waals surface area contributed by atoms with Crippen LogP contribution in [0, 0.1) is 5.92 Å². The zero-order chi connectivity index (χ0) is 14.4. The number of halogens is 1. The molecule has 0 radical (unpaired) electrons. The number of carbonyl (C=O) groups excluding carboxylic acids is 1. The fourth-order valence-corrected chi connectivity index (χ4v) is 3.05. The van der Waals surface area contributed by atoms with E-state index in [0.717, 1.165) is 43.4 Å². The van der Waals surface area contributed by atoms with E-state index in [0.29, 0.717) is 12.3 Å². The summed E-state index contributed by atoms with van der Waals surface area (Å²) in [4.78, 5) is 14.1. The van der Waals surface area contributed by atoms with E-state index in [9.17, 15) is 4.79 Å². The first kappa shape index (κ1) is 15.5. The van der Waals surface area contributed by atoms with Crippen LogP contribution in [0.1, 0.15) is 24.8 Å². The third kappa shape index (κ3) is 4.91. The lowest BCUT2D eigenvalue weighted by molar-refractivity contribution is -0.131. The van der Waals surface area contributed by atoms with Crippen molar-refractivity contribution < 1.29 is 4.79 Å². The monoisotopic (exact) mass is 338 g/mol. The second-order valence-electron chi connectivity index (χ2n) is 5.59. The molecular formula is C16H23BrN2O. The van der Waals surface area contributed by atoms with Crippen molar-refractivity contribution in [2.75, 3.05) is 26.7 Å². The molecule has 1 N–H and O–H groups in total. The molecule has 1 saturated heterocycles. The highest BCUT2D eigenvalue weighted by Gasteiger charge is 2.18. The smallest absolute Gasteiger partial charge is 0.222 e. The third-order valence-corrected chi connectivity index (χ3v) is 4.47. The summed E-state index contributed by atoms with van der Waals surface area (Å²) in [6.07, 6.45) is 3.88. The fraction of sp³-hybridized carbons (Fsp3) is 0.562. The van der Waals surface area contributed by atoms with Crippen LogP contribution in [0.4, 0.5) is 0 Å². The van der Waals surface area contributed by atoms with Gasteiger partial charge in [-0.2, -0.15) is 0 Å². The van der Waals surface area contributed by atoms with Crippen LogP contribution in [0.5, 0.6) is 0 Å². The summed E-state index contributed by atoms with van der Waals surface area (Å²) in [5.41, 5.74) is 1.26. The molecule has 110 valence electrons. The Morgan fingerprint density at radius 2 is 2.15 bits per heavy atom. The Morgan fingerprint density at radius 1 is 1.40 bits per heavy atom. The number of rotatable bonds is 5. The minimum absolute atomic E-state index is 0.284. The molecule has 1 fully saturated rings. The molecule has 0 saturated carbocycles. The standard InChI is InChI=1S/C16H23BrN2O/c1-19(10-7-13-3-2-4-15(17)11-13)16(20)12-14-5-8-18-9-6-14/h2-4,11,14,18H,5-10,12H2,1H3. The van der Waals surface area contributed by atoms with Crippen LogP contribution in [0.2, 0.25) is 0 Å². The van der Waals surface area contributed by atoms with E-state index < -0.39 is 0 Å². The van der Waals surface area contributed by atoms with Crippen LogP contribution in [-0.2, 0) is 11.2 Å². The molecule has 20 heavy (non-hydrogen) atoms. The van der Waals surface area contributed by atoms with Gasteiger partial charge in [0.05, 0.1) is 0 Å². The molecule has 1 heterocycles. The Morgan fingerprint density at radius 3 is 2.85 bits per heavy atom. The van der Waals surface area contributed by atoms with Gasteiger partial charge in [0.2, 0.25) is 5.91 Å². The largest absolute Gasteiger partial charge is 0.345 e. The van der Waals surface area contributed by atoms with Gasteiger partial charge in [-0.1, -0.05) is 28.1 Å². The number of piperidine rings is 1. The van der Waals surface area contributed by atoms with Gasteiger partial charge in [-0.3, -0.25) is 4.79 Å². The molecule has 1 aliphatic heterocycles. The van der Waals surface area contributed by atoms with Gasteiger partial charge in [-0.15, -0.1) is 0 Å². The summed E-state index contributed by atoms with van der Waals surface area (Å²) in [5.74, 6) is 0.851. The first-order valence-electron chi connectivity index (χ1n) is 7.34. The highest BCUT2D eigenvalue weighted by Crippen LogP contribution is 2.17. The fourth-order valence-electron chi connectivity index (χ4n) is 2.60. The Balaban J connectivity index is 1.76. The van der Waals surface area contributed by atoms with E-state index in [1.807, 2.05) is 24.1 Å². The number of hydrogen-bond donors (Lipinski definition) is 1. The normalized spacial score (nSPS) is 16.1. The molecule has 0 atom stereocenters. The Bertz CT molecular complexity index is 444. The van der Waals surface area contributed by atoms with Gasteiger partial charge in [0, 0.05) is 24.5 Å². The lowest BCUT2D eigenvalue weighted by Gasteiger charge is -2.25. The second-order valence-corrected chi connectivity index (χ2v) is 6.51. The van der Waals surface area contributed by atoms with Crippen molar-refractivity contribution in [3.63, 3.8) is 0 Å². The van der Waals surface area contributed by atoms with Crippen LogP contribution < -0.4 is 5.32 Å². The van der Waals surface area contributed by atoms with Crippen LogP contribution in [0.25, 0.3) is 0 Å². The van der Waals surface area contributed by atoms with E-state index in [2.05, 4.69) is 33.4 Å². The van der Waals surface area contributed by atoms with Crippen molar-refractivity contribution in [2.24, 2.45) is 5.92 Å². The van der Waals surface area contributed by atoms with Gasteiger partial charge < -0.3 is 10.2 Å². The zero-order valence-corrected chi connectivity index (χ0v) is 13.7. The molecule has 0 aromatic heterocycles. The van der Waals surface area contributed by atoms with Gasteiger partial charge in [-0.05, 0) is 56.0 Å². The van der Waals surface area contributed by atoms with Crippen LogP contribution >= 0.6 is 15.9 Å². The van der Waals surface area contributed by atoms with Gasteiger partial charge in [0.15, 0.2) is 0 Å². The van der Waals surface area contributed by atoms with Crippen LogP contribution in [-0.4, -0.2) is 37.5 Å². The van der Waals surface area contributed by atoms with Crippen molar-refractivity contribution in [1.29, 1.82) is 0 Å². The Hall–Kier alpha value is -0.870. The van der Waals surface area contributed by atoms with Crippen LogP contribution in [0.3, 0.4) is 0 Å². The number of nitrogens with one attached hydrogen (secondary N) is 1. The van der Waals surface area contributed by atoms with Gasteiger partial charge in [0.25, 0.3) is 0 Å². The lowest BCUT2D eigenvalue weighted by atomic mass is 9.94. The van der Waals surface area contributed by atoms with Gasteiger partial charge >= 0.3 is 0 Å². The number of hydrogen-bond acceptors (Lipinski definition) is 2. The van der Waals surface area contributed by atoms with E-state index in [-0.39, 0.29) is 5.91 Å². The third-order valence-electron chi connectivity index (χ3n) is 3.97. The van der Waals surface area contributed by atoms with Crippen molar-refractivity contribution in [3.8, 4) is 0 Å². The highest BCUT2D eigenvalue weighted by molar-refractivity contribution is 9.10. The lowest BCUT2D eigenvalue weighted by Crippen LogP contribution is -2.34. The first-order chi connectivity index (χ1) is 9.65. The topological polar surface area (TPSA) is 32.3 Å². The molecule has 1 aromatic rings. The zero-order valence-electron chi connectivity index (χ0n) is 12.1. The molecule has 1 aromatic carbocycles. The summed E-state index contributed by atoms with van der Waals surface area (Å²) >= 11 is 3.48. The van der Waals surface area contributed by atoms with Crippen LogP contribution in [0.15, 0.2) is 28.7 Å². The number of benzene rings is 1. The average Bonchev–Trinajstić information content (AvgIpc) is 2.46. The maximum absolute atomic E-state index is 12.2. The maximum atomic E-state index is 12.2. The average molecular weight is 339 g/mol. The molecule has 0 spiro atoms. The quantitative estimate of drug-likeness (QED) is 0.895. The van der Waals surface area contributed by atoms with Gasteiger partial charge in [0.1, 0.15) is 0 Å². The number of likely N-dealkylation sites (N-methyl/N-ethyl adjacent to an activating group) is 1. The Labute approximate surface area is 129 Å². The summed E-state index contributed by atoms with van der Waals surface area (Å²) < 4.78 is 1.10. The van der Waals surface area contributed by atoms with Crippen molar-refractivity contribution >= 4 is 21.8 Å². The van der Waals surface area contributed by atoms with E-state index in [1.165, 1.54) is 5.56 Å². The summed E-state index contributed by atoms with van der Waals surface area (Å²) in [6, 6.07) is 8.28. The Kier molecular flexibility index (Phi) is 6.05. The first-order valence-corrected chi connectivity index (χ1v) is 8.13. The van der Waals surface area contributed by atoms with E-state index in [1.54, 1.807) is 0 Å². The summed E-state index contributed by atoms with van der Waals surface area (Å²) in [6.45, 7) is 2.90. The number of nitrogens with zero attached hydrogens (tertiary/aromatic N) is 1. The molecule has 3 nitrogen and oxygen atoms in total. The predicted octanol–water partition coefficient (Wildman–Crippen LogP) is 2.84. The molecule has 1 aliphatic rings. The number of amides is 1. The molecule has 2 rings (SSSR count). The molecule has 0 aliphatic carbocycles. The highest BCUT2D eigenvalue weighted by atomic mass is 79.9. The summed E-state index contributed by atoms with van der Waals surface area (Å²) in [5, 5.41) is 3.34. The van der Waals surface area contributed by atoms with E-state index >= 15 is 0 Å². The van der Waals surface area contributed by atoms with E-state index in [4.69, 9.17) is 0 Å². The number of carbonyl (C=O) groups is 1. The van der Waals surface area contributed by atoms with Crippen molar-refractivity contribution in [1.82, 2.24) is 10.2 Å². The summed E-state index contributed by atoms with van der Waals surface area (Å²) in [7, 11) is 1.92. The predicted molar refractivity (Wildman–Crippen MR) is 85.7 cm³/mol. The SMILES string of the molecule is CN(CCc1cccc(Br)c1)C(=O)CC1CCNCC1. The van der Waals surface area contributed by atoms with Gasteiger partial charge in [-0.25, -0.2) is 0 Å². The molecule has 0 unspecified atom stereocenters. The van der Waals surface area contributed by atoms with Crippen molar-refractivity contribution in [2.45, 2.75) is 25.7 Å². The molecule has 4 heteroatoms. The minimum atomic E-state index is 0.284. The second kappa shape index (κ2) is 7.79. The molecule has 0 bridgehead atoms. The van der Waals surface area contributed by atoms with Crippen molar-refractivity contribution in [3.05, 3.63) is 34.3 Å². The molecule has 1 amide bonds. The maximum Gasteiger partial charge on any atom is 0.222 e.